The van der Waals surface area contributed by atoms with E-state index < -0.39 is 5.97 Å². The third-order valence-corrected chi connectivity index (χ3v) is 5.19. The van der Waals surface area contributed by atoms with E-state index in [4.69, 9.17) is 37.9 Å². The summed E-state index contributed by atoms with van der Waals surface area (Å²) in [5.74, 6) is 2.69. The fraction of sp³-hybridized carbons (Fsp3) is 0.320. The second-order valence-corrected chi connectivity index (χ2v) is 7.36. The lowest BCUT2D eigenvalue weighted by molar-refractivity contribution is -0.131. The highest BCUT2D eigenvalue weighted by Crippen LogP contribution is 2.45. The van der Waals surface area contributed by atoms with Gasteiger partial charge in [0, 0.05) is 31.0 Å². The summed E-state index contributed by atoms with van der Waals surface area (Å²) < 4.78 is 43.8. The third-order valence-electron chi connectivity index (χ3n) is 5.19. The first kappa shape index (κ1) is 23.5. The van der Waals surface area contributed by atoms with Crippen LogP contribution in [-0.2, 0) is 14.3 Å². The van der Waals surface area contributed by atoms with Gasteiger partial charge >= 0.3 is 5.97 Å². The Labute approximate surface area is 197 Å². The normalized spacial score (nSPS) is 12.0. The Bertz CT molecular complexity index is 1190. The van der Waals surface area contributed by atoms with E-state index in [-0.39, 0.29) is 13.6 Å². The molecule has 34 heavy (non-hydrogen) atoms. The number of carbonyl (C=O) groups is 1. The summed E-state index contributed by atoms with van der Waals surface area (Å²) in [6.07, 6.45) is 0. The molecule has 0 amide bonds. The van der Waals surface area contributed by atoms with E-state index in [2.05, 4.69) is 0 Å². The topological polar surface area (TPSA) is 90.9 Å². The van der Waals surface area contributed by atoms with Gasteiger partial charge in [-0.1, -0.05) is 0 Å². The van der Waals surface area contributed by atoms with Crippen molar-refractivity contribution in [3.8, 4) is 45.6 Å². The highest BCUT2D eigenvalue weighted by molar-refractivity contribution is 5.97. The van der Waals surface area contributed by atoms with Crippen LogP contribution in [-0.4, -0.2) is 54.1 Å². The van der Waals surface area contributed by atoms with Gasteiger partial charge in [-0.2, -0.15) is 0 Å². The minimum atomic E-state index is -0.447. The van der Waals surface area contributed by atoms with E-state index in [1.54, 1.807) is 39.5 Å². The van der Waals surface area contributed by atoms with E-state index in [1.165, 1.54) is 6.92 Å². The average Bonchev–Trinajstić information content (AvgIpc) is 3.29. The number of methoxy groups -OCH3 is 3. The van der Waals surface area contributed by atoms with Crippen LogP contribution >= 0.6 is 0 Å². The van der Waals surface area contributed by atoms with Gasteiger partial charge in [-0.25, -0.2) is 0 Å². The van der Waals surface area contributed by atoms with Crippen molar-refractivity contribution < 1.29 is 42.7 Å². The monoisotopic (exact) mass is 470 g/mol. The van der Waals surface area contributed by atoms with Crippen molar-refractivity contribution in [3.63, 3.8) is 0 Å². The van der Waals surface area contributed by atoms with Gasteiger partial charge in [0.2, 0.25) is 6.79 Å². The molecule has 180 valence electrons. The highest BCUT2D eigenvalue weighted by Gasteiger charge is 2.21. The van der Waals surface area contributed by atoms with Gasteiger partial charge in [-0.3, -0.25) is 4.79 Å². The molecule has 1 aliphatic heterocycles. The lowest BCUT2D eigenvalue weighted by Crippen LogP contribution is -2.08. The van der Waals surface area contributed by atoms with Crippen LogP contribution in [0.1, 0.15) is 6.92 Å². The zero-order valence-corrected chi connectivity index (χ0v) is 19.5. The summed E-state index contributed by atoms with van der Waals surface area (Å²) in [7, 11) is 4.73. The van der Waals surface area contributed by atoms with Gasteiger partial charge in [0.25, 0.3) is 0 Å². The minimum Gasteiger partial charge on any atom is -0.496 e. The maximum atomic E-state index is 11.9. The molecule has 1 heterocycles. The predicted molar refractivity (Wildman–Crippen MR) is 123 cm³/mol. The number of hydrogen-bond donors (Lipinski definition) is 0. The minimum absolute atomic E-state index is 0.0145. The predicted octanol–water partition coefficient (Wildman–Crippen LogP) is 4.18. The standard InChI is InChI=1S/C25H26O9/c1-15(26)34-21-8-16(18-10-24-25(33-14-32-24)12-20(18)28-3)7-17-9-22(29-4)23(11-19(17)21)31-13-30-6-5-27-2/h7-12H,5-6,13-14H2,1-4H3. The average molecular weight is 470 g/mol. The van der Waals surface area contributed by atoms with Crippen LogP contribution in [0.3, 0.4) is 0 Å². The first-order valence-corrected chi connectivity index (χ1v) is 10.6. The molecule has 0 unspecified atom stereocenters. The van der Waals surface area contributed by atoms with E-state index in [0.29, 0.717) is 53.1 Å². The Hall–Kier alpha value is -3.69. The zero-order valence-electron chi connectivity index (χ0n) is 19.5. The second-order valence-electron chi connectivity index (χ2n) is 7.36. The number of benzene rings is 3. The first-order valence-electron chi connectivity index (χ1n) is 10.6. The summed E-state index contributed by atoms with van der Waals surface area (Å²) in [4.78, 5) is 11.9. The van der Waals surface area contributed by atoms with Crippen LogP contribution in [0, 0.1) is 0 Å². The molecule has 0 radical (unpaired) electrons. The van der Waals surface area contributed by atoms with Crippen molar-refractivity contribution in [2.75, 3.05) is 48.1 Å². The maximum absolute atomic E-state index is 11.9. The second kappa shape index (κ2) is 10.5. The van der Waals surface area contributed by atoms with Crippen molar-refractivity contribution in [2.24, 2.45) is 0 Å². The number of ether oxygens (including phenoxy) is 8. The quantitative estimate of drug-likeness (QED) is 0.187. The van der Waals surface area contributed by atoms with Crippen molar-refractivity contribution in [1.29, 1.82) is 0 Å². The molecule has 0 aromatic heterocycles. The third kappa shape index (κ3) is 4.95. The Balaban J connectivity index is 1.79. The molecule has 9 nitrogen and oxygen atoms in total. The number of rotatable bonds is 10. The van der Waals surface area contributed by atoms with Gasteiger partial charge in [-0.15, -0.1) is 0 Å². The summed E-state index contributed by atoms with van der Waals surface area (Å²) in [5.41, 5.74) is 1.52. The number of carbonyl (C=O) groups excluding carboxylic acids is 1. The molecule has 0 saturated heterocycles. The molecule has 9 heteroatoms. The van der Waals surface area contributed by atoms with Crippen molar-refractivity contribution in [2.45, 2.75) is 6.92 Å². The van der Waals surface area contributed by atoms with Gasteiger partial charge in [-0.05, 0) is 41.3 Å². The summed E-state index contributed by atoms with van der Waals surface area (Å²) in [6, 6.07) is 10.9. The summed E-state index contributed by atoms with van der Waals surface area (Å²) in [6.45, 7) is 2.37. The van der Waals surface area contributed by atoms with E-state index in [1.807, 2.05) is 18.2 Å². The largest absolute Gasteiger partial charge is 0.496 e. The van der Waals surface area contributed by atoms with Crippen LogP contribution in [0.4, 0.5) is 0 Å². The molecular weight excluding hydrogens is 444 g/mol. The fourth-order valence-corrected chi connectivity index (χ4v) is 3.63. The molecule has 3 aromatic carbocycles. The van der Waals surface area contributed by atoms with Gasteiger partial charge < -0.3 is 37.9 Å². The smallest absolute Gasteiger partial charge is 0.308 e. The highest BCUT2D eigenvalue weighted by atomic mass is 16.7. The molecule has 0 spiro atoms. The van der Waals surface area contributed by atoms with Crippen molar-refractivity contribution >= 4 is 16.7 Å². The molecule has 1 aliphatic rings. The molecule has 0 aliphatic carbocycles. The number of esters is 1. The molecule has 0 saturated carbocycles. The van der Waals surface area contributed by atoms with Crippen LogP contribution < -0.4 is 28.4 Å². The molecule has 3 aromatic rings. The van der Waals surface area contributed by atoms with E-state index >= 15 is 0 Å². The van der Waals surface area contributed by atoms with Crippen LogP contribution in [0.5, 0.6) is 34.5 Å². The van der Waals surface area contributed by atoms with E-state index in [0.717, 1.165) is 16.5 Å². The molecule has 0 bridgehead atoms. The summed E-state index contributed by atoms with van der Waals surface area (Å²) in [5, 5.41) is 1.45. The zero-order chi connectivity index (χ0) is 24.1. The van der Waals surface area contributed by atoms with Crippen LogP contribution in [0.2, 0.25) is 0 Å². The lowest BCUT2D eigenvalue weighted by Gasteiger charge is -2.16. The molecule has 0 atom stereocenters. The fourth-order valence-electron chi connectivity index (χ4n) is 3.63. The molecule has 0 fully saturated rings. The molecule has 4 rings (SSSR count). The number of fused-ring (bicyclic) bond motifs is 2. The van der Waals surface area contributed by atoms with Gasteiger partial charge in [0.1, 0.15) is 11.5 Å². The molecule has 0 N–H and O–H groups in total. The van der Waals surface area contributed by atoms with E-state index in [9.17, 15) is 4.79 Å². The Kier molecular flexibility index (Phi) is 7.24. The number of hydrogen-bond acceptors (Lipinski definition) is 9. The van der Waals surface area contributed by atoms with Crippen molar-refractivity contribution in [3.05, 3.63) is 36.4 Å². The first-order chi connectivity index (χ1) is 16.5. The van der Waals surface area contributed by atoms with Crippen molar-refractivity contribution in [1.82, 2.24) is 0 Å². The Morgan fingerprint density at radius 3 is 2.32 bits per heavy atom. The molecular formula is C25H26O9. The maximum Gasteiger partial charge on any atom is 0.308 e. The summed E-state index contributed by atoms with van der Waals surface area (Å²) >= 11 is 0. The van der Waals surface area contributed by atoms with Crippen LogP contribution in [0.15, 0.2) is 36.4 Å². The van der Waals surface area contributed by atoms with Gasteiger partial charge in [0.15, 0.2) is 29.8 Å². The van der Waals surface area contributed by atoms with Crippen LogP contribution in [0.25, 0.3) is 21.9 Å². The lowest BCUT2D eigenvalue weighted by atomic mass is 9.98. The van der Waals surface area contributed by atoms with Gasteiger partial charge in [0.05, 0.1) is 27.4 Å². The Morgan fingerprint density at radius 2 is 1.62 bits per heavy atom. The Morgan fingerprint density at radius 1 is 0.853 bits per heavy atom. The SMILES string of the molecule is COCCOCOc1cc2c(OC(C)=O)cc(-c3cc4c(cc3OC)OCO4)cc2cc1OC.